The molecule has 0 aliphatic carbocycles. The van der Waals surface area contributed by atoms with Crippen LogP contribution in [-0.4, -0.2) is 32.5 Å². The summed E-state index contributed by atoms with van der Waals surface area (Å²) in [5.41, 5.74) is 7.23. The number of aromatic amines is 1. The second kappa shape index (κ2) is 6.99. The normalized spacial score (nSPS) is 10.9. The van der Waals surface area contributed by atoms with Crippen LogP contribution in [0.15, 0.2) is 59.4 Å². The van der Waals surface area contributed by atoms with Crippen molar-refractivity contribution in [2.24, 2.45) is 5.73 Å². The predicted octanol–water partition coefficient (Wildman–Crippen LogP) is 1.94. The molecule has 0 fully saturated rings. The van der Waals surface area contributed by atoms with E-state index >= 15 is 0 Å². The molecule has 0 spiro atoms. The molecule has 0 saturated carbocycles. The van der Waals surface area contributed by atoms with Crippen LogP contribution in [0.3, 0.4) is 0 Å². The molecule has 4 aromatic rings. The fraction of sp³-hybridized carbons (Fsp3) is 0.100. The topological polar surface area (TPSA) is 116 Å². The lowest BCUT2D eigenvalue weighted by molar-refractivity contribution is 0.0997. The number of ether oxygens (including phenoxy) is 1. The third-order valence-electron chi connectivity index (χ3n) is 4.39. The van der Waals surface area contributed by atoms with Gasteiger partial charge in [0.05, 0.1) is 13.7 Å². The Balaban J connectivity index is 1.88. The molecule has 0 atom stereocenters. The van der Waals surface area contributed by atoms with Crippen LogP contribution < -0.4 is 16.2 Å². The summed E-state index contributed by atoms with van der Waals surface area (Å²) >= 11 is 0. The Kier molecular flexibility index (Phi) is 4.36. The fourth-order valence-electron chi connectivity index (χ4n) is 2.98. The number of imidazole rings is 1. The van der Waals surface area contributed by atoms with Crippen LogP contribution >= 0.6 is 0 Å². The molecule has 0 saturated heterocycles. The lowest BCUT2D eigenvalue weighted by Crippen LogP contribution is -2.17. The molecule has 3 N–H and O–H groups in total. The zero-order chi connectivity index (χ0) is 19.7. The van der Waals surface area contributed by atoms with Gasteiger partial charge < -0.3 is 15.5 Å². The Morgan fingerprint density at radius 1 is 1.11 bits per heavy atom. The van der Waals surface area contributed by atoms with Crippen molar-refractivity contribution >= 4 is 17.1 Å². The second-order valence-corrected chi connectivity index (χ2v) is 6.19. The van der Waals surface area contributed by atoms with Gasteiger partial charge in [0.1, 0.15) is 11.3 Å². The number of carbonyl (C=O) groups excluding carboxylic acids is 1. The number of amides is 1. The number of methoxy groups -OCH3 is 1. The van der Waals surface area contributed by atoms with E-state index in [0.29, 0.717) is 11.5 Å². The molecule has 2 aromatic heterocycles. The van der Waals surface area contributed by atoms with Crippen LogP contribution in [0.1, 0.15) is 16.1 Å². The highest BCUT2D eigenvalue weighted by molar-refractivity contribution is 6.01. The van der Waals surface area contributed by atoms with Crippen molar-refractivity contribution in [3.63, 3.8) is 0 Å². The molecular formula is C20H17N5O3. The molecule has 28 heavy (non-hydrogen) atoms. The number of nitrogens with two attached hydrogens (primary N) is 1. The van der Waals surface area contributed by atoms with E-state index in [0.717, 1.165) is 16.9 Å². The van der Waals surface area contributed by atoms with Crippen LogP contribution in [0, 0.1) is 0 Å². The van der Waals surface area contributed by atoms with Crippen molar-refractivity contribution in [2.75, 3.05) is 7.11 Å². The Bertz CT molecular complexity index is 1210. The quantitative estimate of drug-likeness (QED) is 0.553. The minimum atomic E-state index is -0.734. The summed E-state index contributed by atoms with van der Waals surface area (Å²) in [5.74, 6) is 0.312. The highest BCUT2D eigenvalue weighted by Crippen LogP contribution is 2.21. The fourth-order valence-corrected chi connectivity index (χ4v) is 2.98. The summed E-state index contributed by atoms with van der Waals surface area (Å²) in [7, 11) is 1.59. The standard InChI is InChI=1S/C20H17N5O3/c1-28-14-9-7-12(8-10-14)11-25-19-16(23-20(25)27)15(17(21)26)22-18(24-19)13-5-3-2-4-6-13/h2-10H,11H2,1H3,(H2,21,26)(H,23,27). The Labute approximate surface area is 159 Å². The maximum atomic E-state index is 12.6. The number of benzene rings is 2. The summed E-state index contributed by atoms with van der Waals surface area (Å²) < 4.78 is 6.61. The lowest BCUT2D eigenvalue weighted by atomic mass is 10.2. The van der Waals surface area contributed by atoms with Crippen molar-refractivity contribution in [2.45, 2.75) is 6.54 Å². The van der Waals surface area contributed by atoms with Crippen LogP contribution in [0.25, 0.3) is 22.6 Å². The van der Waals surface area contributed by atoms with Gasteiger partial charge in [-0.2, -0.15) is 0 Å². The maximum Gasteiger partial charge on any atom is 0.328 e. The minimum Gasteiger partial charge on any atom is -0.497 e. The Morgan fingerprint density at radius 3 is 2.46 bits per heavy atom. The molecule has 140 valence electrons. The number of primary amides is 1. The molecule has 0 radical (unpaired) electrons. The van der Waals surface area contributed by atoms with Crippen molar-refractivity contribution in [1.82, 2.24) is 19.5 Å². The van der Waals surface area contributed by atoms with Crippen molar-refractivity contribution < 1.29 is 9.53 Å². The van der Waals surface area contributed by atoms with E-state index < -0.39 is 11.6 Å². The van der Waals surface area contributed by atoms with Crippen molar-refractivity contribution in [1.29, 1.82) is 0 Å². The summed E-state index contributed by atoms with van der Waals surface area (Å²) in [6.45, 7) is 0.270. The van der Waals surface area contributed by atoms with Crippen LogP contribution in [0.4, 0.5) is 0 Å². The average Bonchev–Trinajstić information content (AvgIpc) is 3.03. The smallest absolute Gasteiger partial charge is 0.328 e. The molecule has 8 heteroatoms. The van der Waals surface area contributed by atoms with Gasteiger partial charge in [-0.3, -0.25) is 9.36 Å². The van der Waals surface area contributed by atoms with Gasteiger partial charge >= 0.3 is 5.69 Å². The van der Waals surface area contributed by atoms with E-state index in [1.807, 2.05) is 54.6 Å². The third-order valence-corrected chi connectivity index (χ3v) is 4.39. The van der Waals surface area contributed by atoms with E-state index in [1.54, 1.807) is 7.11 Å². The van der Waals surface area contributed by atoms with Gasteiger partial charge in [-0.05, 0) is 17.7 Å². The molecule has 0 unspecified atom stereocenters. The van der Waals surface area contributed by atoms with Gasteiger partial charge in [0.15, 0.2) is 17.2 Å². The van der Waals surface area contributed by atoms with Crippen LogP contribution in [0.5, 0.6) is 5.75 Å². The van der Waals surface area contributed by atoms with Crippen molar-refractivity contribution in [3.05, 3.63) is 76.3 Å². The molecule has 0 bridgehead atoms. The first-order valence-corrected chi connectivity index (χ1v) is 8.55. The van der Waals surface area contributed by atoms with Gasteiger partial charge in [0.2, 0.25) is 0 Å². The van der Waals surface area contributed by atoms with Gasteiger partial charge in [0.25, 0.3) is 5.91 Å². The molecule has 0 aliphatic rings. The Hall–Kier alpha value is -3.94. The number of rotatable bonds is 5. The zero-order valence-electron chi connectivity index (χ0n) is 15.0. The lowest BCUT2D eigenvalue weighted by Gasteiger charge is -2.07. The average molecular weight is 375 g/mol. The molecule has 2 heterocycles. The van der Waals surface area contributed by atoms with E-state index in [-0.39, 0.29) is 17.8 Å². The monoisotopic (exact) mass is 375 g/mol. The van der Waals surface area contributed by atoms with E-state index in [2.05, 4.69) is 15.0 Å². The highest BCUT2D eigenvalue weighted by Gasteiger charge is 2.19. The summed E-state index contributed by atoms with van der Waals surface area (Å²) in [6, 6.07) is 16.5. The molecule has 2 aromatic carbocycles. The maximum absolute atomic E-state index is 12.6. The largest absolute Gasteiger partial charge is 0.497 e. The number of hydrogen-bond donors (Lipinski definition) is 2. The molecular weight excluding hydrogens is 358 g/mol. The van der Waals surface area contributed by atoms with Crippen LogP contribution in [0.2, 0.25) is 0 Å². The van der Waals surface area contributed by atoms with Gasteiger partial charge in [-0.25, -0.2) is 14.8 Å². The molecule has 4 rings (SSSR count). The highest BCUT2D eigenvalue weighted by atomic mass is 16.5. The van der Waals surface area contributed by atoms with E-state index in [1.165, 1.54) is 4.57 Å². The molecule has 1 amide bonds. The number of fused-ring (bicyclic) bond motifs is 1. The summed E-state index contributed by atoms with van der Waals surface area (Å²) in [5, 5.41) is 0. The first-order valence-electron chi connectivity index (χ1n) is 8.55. The first-order chi connectivity index (χ1) is 13.6. The van der Waals surface area contributed by atoms with Crippen LogP contribution in [-0.2, 0) is 6.54 Å². The van der Waals surface area contributed by atoms with Gasteiger partial charge in [-0.15, -0.1) is 0 Å². The van der Waals surface area contributed by atoms with Gasteiger partial charge in [0, 0.05) is 5.56 Å². The Morgan fingerprint density at radius 2 is 1.82 bits per heavy atom. The number of hydrogen-bond acceptors (Lipinski definition) is 5. The van der Waals surface area contributed by atoms with E-state index in [9.17, 15) is 9.59 Å². The second-order valence-electron chi connectivity index (χ2n) is 6.19. The number of carbonyl (C=O) groups is 1. The minimum absolute atomic E-state index is 0.0190. The number of nitrogens with zero attached hydrogens (tertiary/aromatic N) is 3. The van der Waals surface area contributed by atoms with Crippen molar-refractivity contribution in [3.8, 4) is 17.1 Å². The predicted molar refractivity (Wildman–Crippen MR) is 104 cm³/mol. The number of nitrogens with one attached hydrogen (secondary N) is 1. The summed E-state index contributed by atoms with van der Waals surface area (Å²) in [4.78, 5) is 35.9. The third kappa shape index (κ3) is 3.11. The number of H-pyrrole nitrogens is 1. The SMILES string of the molecule is COc1ccc(Cn2c(=O)[nH]c3c(C(N)=O)nc(-c4ccccc4)nc32)cc1. The summed E-state index contributed by atoms with van der Waals surface area (Å²) in [6.07, 6.45) is 0. The number of aromatic nitrogens is 4. The first kappa shape index (κ1) is 17.5. The molecule has 0 aliphatic heterocycles. The van der Waals surface area contributed by atoms with Gasteiger partial charge in [-0.1, -0.05) is 42.5 Å². The van der Waals surface area contributed by atoms with E-state index in [4.69, 9.17) is 10.5 Å². The molecule has 8 nitrogen and oxygen atoms in total. The zero-order valence-corrected chi connectivity index (χ0v) is 15.0.